The quantitative estimate of drug-likeness (QED) is 0.114. The summed E-state index contributed by atoms with van der Waals surface area (Å²) < 4.78 is 15.3. The summed E-state index contributed by atoms with van der Waals surface area (Å²) in [6, 6.07) is 24.7. The fourth-order valence-corrected chi connectivity index (χ4v) is 10.3. The summed E-state index contributed by atoms with van der Waals surface area (Å²) in [5, 5.41) is 36.0. The molecular formula is C41H28FN3P6. The van der Waals surface area contributed by atoms with Crippen molar-refractivity contribution in [2.24, 2.45) is 0 Å². The summed E-state index contributed by atoms with van der Waals surface area (Å²) in [5.74, 6) is 2.32. The third kappa shape index (κ3) is 5.30. The maximum atomic E-state index is 15.3. The van der Waals surface area contributed by atoms with Gasteiger partial charge in [-0.3, -0.25) is 0 Å². The van der Waals surface area contributed by atoms with Gasteiger partial charge in [-0.25, -0.2) is 4.39 Å². The van der Waals surface area contributed by atoms with E-state index in [0.29, 0.717) is 33.1 Å². The highest BCUT2D eigenvalue weighted by molar-refractivity contribution is 7.37. The van der Waals surface area contributed by atoms with Gasteiger partial charge in [-0.05, 0) is 143 Å². The van der Waals surface area contributed by atoms with Gasteiger partial charge >= 0.3 is 0 Å². The Labute approximate surface area is 311 Å². The molecule has 6 unspecified atom stereocenters. The standard InChI is InChI=1S/C41H28FN3P6/c1-4-19(14-43)32-27-10-20(34-31(46)9-17(2)37(47)40(34)50)5-7-23(27)25-13-30-26(12-29(25)32)24-8-6-21(11-28(24)33(30)22(15-44)16-45)35-39(49)36(42)18(3)38(48)41(35)51/h1,5-13H,46-51H2,2-3H3/b32-19+. The van der Waals surface area contributed by atoms with E-state index in [1.165, 1.54) is 0 Å². The Morgan fingerprint density at radius 1 is 0.549 bits per heavy atom. The Balaban J connectivity index is 1.50. The number of hydrogen-bond donors (Lipinski definition) is 0. The lowest BCUT2D eigenvalue weighted by molar-refractivity contribution is 0.629. The van der Waals surface area contributed by atoms with Gasteiger partial charge in [0.1, 0.15) is 35.2 Å². The van der Waals surface area contributed by atoms with Gasteiger partial charge in [-0.2, -0.15) is 15.8 Å². The topological polar surface area (TPSA) is 71.4 Å². The second-order valence-corrected chi connectivity index (χ2v) is 16.0. The minimum atomic E-state index is -0.306. The number of rotatable bonds is 2. The summed E-state index contributed by atoms with van der Waals surface area (Å²) in [5.41, 5.74) is 13.1. The Morgan fingerprint density at radius 2 is 1.02 bits per heavy atom. The Kier molecular flexibility index (Phi) is 9.24. The number of nitriles is 3. The highest BCUT2D eigenvalue weighted by atomic mass is 31.0. The van der Waals surface area contributed by atoms with Gasteiger partial charge in [0.2, 0.25) is 0 Å². The molecule has 0 N–H and O–H groups in total. The smallest absolute Gasteiger partial charge is 0.138 e. The van der Waals surface area contributed by atoms with E-state index in [1.807, 2.05) is 30.3 Å². The van der Waals surface area contributed by atoms with Gasteiger partial charge in [-0.15, -0.1) is 61.9 Å². The highest BCUT2D eigenvalue weighted by Crippen LogP contribution is 2.54. The molecule has 2 aliphatic carbocycles. The number of benzene rings is 5. The third-order valence-corrected chi connectivity index (χ3v) is 14.2. The van der Waals surface area contributed by atoms with Crippen LogP contribution in [0.2, 0.25) is 0 Å². The molecule has 0 amide bonds. The van der Waals surface area contributed by atoms with Crippen LogP contribution >= 0.6 is 55.4 Å². The van der Waals surface area contributed by atoms with E-state index in [2.05, 4.69) is 111 Å². The van der Waals surface area contributed by atoms with Crippen LogP contribution < -0.4 is 31.8 Å². The molecular weight excluding hydrogens is 739 g/mol. The van der Waals surface area contributed by atoms with E-state index in [-0.39, 0.29) is 17.0 Å². The lowest BCUT2D eigenvalue weighted by Crippen LogP contribution is -2.26. The Bertz CT molecular complexity index is 2670. The zero-order valence-electron chi connectivity index (χ0n) is 27.5. The van der Waals surface area contributed by atoms with E-state index < -0.39 is 0 Å². The average molecular weight is 768 g/mol. The minimum absolute atomic E-state index is 0.0228. The van der Waals surface area contributed by atoms with Crippen LogP contribution in [0.3, 0.4) is 0 Å². The maximum Gasteiger partial charge on any atom is 0.138 e. The molecule has 0 aliphatic heterocycles. The lowest BCUT2D eigenvalue weighted by Gasteiger charge is -2.17. The Morgan fingerprint density at radius 3 is 1.53 bits per heavy atom. The molecule has 0 aromatic heterocycles. The summed E-state index contributed by atoms with van der Waals surface area (Å²) in [4.78, 5) is 0. The molecule has 0 saturated carbocycles. The molecule has 0 fully saturated rings. The second kappa shape index (κ2) is 13.3. The number of fused-ring (bicyclic) bond motifs is 6. The molecule has 5 aromatic rings. The van der Waals surface area contributed by atoms with E-state index in [1.54, 1.807) is 6.92 Å². The van der Waals surface area contributed by atoms with Crippen molar-refractivity contribution in [1.29, 1.82) is 15.8 Å². The third-order valence-electron chi connectivity index (χ3n) is 9.86. The fraction of sp³-hybridized carbons (Fsp3) is 0.0488. The molecule has 0 bridgehead atoms. The highest BCUT2D eigenvalue weighted by Gasteiger charge is 2.34. The summed E-state index contributed by atoms with van der Waals surface area (Å²) in [7, 11) is 16.4. The number of terminal acetylenes is 1. The molecule has 51 heavy (non-hydrogen) atoms. The number of hydrogen-bond acceptors (Lipinski definition) is 3. The Hall–Kier alpha value is -3.88. The minimum Gasteiger partial charge on any atom is -0.206 e. The summed E-state index contributed by atoms with van der Waals surface area (Å²) >= 11 is 0. The fourth-order valence-electron chi connectivity index (χ4n) is 7.30. The number of nitrogens with zero attached hydrogens (tertiary/aromatic N) is 3. The SMILES string of the molecule is C#C/C(C#N)=C1/c2cc(-c3c(P)cc(C)c(P)c3P)ccc2-c2cc3c(cc21)-c1ccc(-c2c(P)c(F)c(C)c(P)c2P)cc1C3=C(C#N)C#N. The maximum absolute atomic E-state index is 15.3. The molecule has 0 spiro atoms. The zero-order valence-corrected chi connectivity index (χ0v) is 34.4. The first kappa shape index (κ1) is 35.5. The molecule has 244 valence electrons. The van der Waals surface area contributed by atoms with Crippen LogP contribution in [-0.2, 0) is 0 Å². The van der Waals surface area contributed by atoms with Crippen molar-refractivity contribution in [1.82, 2.24) is 0 Å². The predicted molar refractivity (Wildman–Crippen MR) is 231 cm³/mol. The van der Waals surface area contributed by atoms with Crippen LogP contribution in [0.4, 0.5) is 4.39 Å². The second-order valence-electron chi connectivity index (χ2n) is 12.5. The van der Waals surface area contributed by atoms with Crippen LogP contribution in [0.5, 0.6) is 0 Å². The molecule has 0 saturated heterocycles. The number of aryl methyl sites for hydroxylation is 1. The number of allylic oxidation sites excluding steroid dienone is 2. The van der Waals surface area contributed by atoms with E-state index in [4.69, 9.17) is 6.42 Å². The van der Waals surface area contributed by atoms with Gasteiger partial charge in [0.05, 0.1) is 0 Å². The monoisotopic (exact) mass is 767 g/mol. The van der Waals surface area contributed by atoms with Gasteiger partial charge in [0.25, 0.3) is 0 Å². The van der Waals surface area contributed by atoms with Crippen LogP contribution in [0.15, 0.2) is 65.7 Å². The summed E-state index contributed by atoms with van der Waals surface area (Å²) in [6.45, 7) is 3.82. The van der Waals surface area contributed by atoms with Crippen LogP contribution in [-0.4, -0.2) is 0 Å². The van der Waals surface area contributed by atoms with Crippen molar-refractivity contribution in [3.63, 3.8) is 0 Å². The van der Waals surface area contributed by atoms with Crippen molar-refractivity contribution < 1.29 is 4.39 Å². The molecule has 5 aromatic carbocycles. The lowest BCUT2D eigenvalue weighted by atomic mass is 9.93. The van der Waals surface area contributed by atoms with Crippen LogP contribution in [0.25, 0.3) is 55.7 Å². The number of halogens is 1. The molecule has 7 rings (SSSR count). The molecule has 6 atom stereocenters. The first-order valence-corrected chi connectivity index (χ1v) is 19.1. The van der Waals surface area contributed by atoms with Crippen molar-refractivity contribution >= 4 is 98.4 Å². The van der Waals surface area contributed by atoms with Gasteiger partial charge in [-0.1, -0.05) is 36.3 Å². The molecule has 0 heterocycles. The van der Waals surface area contributed by atoms with Crippen molar-refractivity contribution in [2.75, 3.05) is 0 Å². The molecule has 2 aliphatic rings. The van der Waals surface area contributed by atoms with Crippen molar-refractivity contribution in [2.45, 2.75) is 13.8 Å². The van der Waals surface area contributed by atoms with Crippen molar-refractivity contribution in [3.05, 3.63) is 105 Å². The van der Waals surface area contributed by atoms with Crippen LogP contribution in [0, 0.1) is 66.0 Å². The van der Waals surface area contributed by atoms with Gasteiger partial charge in [0, 0.05) is 16.5 Å². The van der Waals surface area contributed by atoms with E-state index >= 15 is 4.39 Å². The van der Waals surface area contributed by atoms with Crippen molar-refractivity contribution in [3.8, 4) is 75.1 Å². The normalized spacial score (nSPS) is 12.9. The summed E-state index contributed by atoms with van der Waals surface area (Å²) in [6.07, 6.45) is 5.97. The first-order valence-electron chi connectivity index (χ1n) is 15.6. The molecule has 0 radical (unpaired) electrons. The first-order chi connectivity index (χ1) is 24.4. The molecule has 3 nitrogen and oxygen atoms in total. The van der Waals surface area contributed by atoms with Gasteiger partial charge < -0.3 is 0 Å². The van der Waals surface area contributed by atoms with Crippen LogP contribution in [0.1, 0.15) is 33.4 Å². The molecule has 10 heteroatoms. The predicted octanol–water partition coefficient (Wildman–Crippen LogP) is 6.55. The largest absolute Gasteiger partial charge is 0.206 e. The van der Waals surface area contributed by atoms with E-state index in [0.717, 1.165) is 87.7 Å². The zero-order chi connectivity index (χ0) is 36.6. The average Bonchev–Trinajstić information content (AvgIpc) is 3.60. The van der Waals surface area contributed by atoms with E-state index in [9.17, 15) is 15.8 Å². The van der Waals surface area contributed by atoms with Gasteiger partial charge in [0.15, 0.2) is 0 Å².